The third kappa shape index (κ3) is 2.30. The number of nitriles is 1. The van der Waals surface area contributed by atoms with Crippen molar-refractivity contribution in [3.63, 3.8) is 0 Å². The van der Waals surface area contributed by atoms with Crippen LogP contribution in [0.4, 0.5) is 0 Å². The lowest BCUT2D eigenvalue weighted by molar-refractivity contribution is 1.41. The van der Waals surface area contributed by atoms with Gasteiger partial charge in [-0.15, -0.1) is 0 Å². The van der Waals surface area contributed by atoms with E-state index in [4.69, 9.17) is 22.6 Å². The van der Waals surface area contributed by atoms with Crippen LogP contribution < -0.4 is 5.73 Å². The second kappa shape index (κ2) is 3.80. The molecule has 0 saturated carbocycles. The molecule has 0 amide bonds. The Morgan fingerprint density at radius 3 is 2.50 bits per heavy atom. The van der Waals surface area contributed by atoms with Gasteiger partial charge in [-0.2, -0.15) is 5.26 Å². The molecule has 12 heavy (non-hydrogen) atoms. The highest BCUT2D eigenvalue weighted by Gasteiger charge is 1.90. The van der Waals surface area contributed by atoms with Crippen LogP contribution in [0.1, 0.15) is 5.56 Å². The van der Waals surface area contributed by atoms with Crippen molar-refractivity contribution >= 4 is 17.7 Å². The molecule has 0 unspecified atom stereocenters. The van der Waals surface area contributed by atoms with Gasteiger partial charge in [0.25, 0.3) is 0 Å². The van der Waals surface area contributed by atoms with Crippen LogP contribution in [-0.4, -0.2) is 0 Å². The van der Waals surface area contributed by atoms with Crippen LogP contribution >= 0.6 is 11.6 Å². The smallest absolute Gasteiger partial charge is 0.117 e. The van der Waals surface area contributed by atoms with Crippen LogP contribution in [0.3, 0.4) is 0 Å². The fourth-order valence-electron chi connectivity index (χ4n) is 0.771. The summed E-state index contributed by atoms with van der Waals surface area (Å²) in [4.78, 5) is 0. The molecule has 0 aliphatic rings. The summed E-state index contributed by atoms with van der Waals surface area (Å²) in [6, 6.07) is 8.93. The molecule has 0 bridgehead atoms. The van der Waals surface area contributed by atoms with Gasteiger partial charge in [0.1, 0.15) is 11.8 Å². The maximum Gasteiger partial charge on any atom is 0.117 e. The van der Waals surface area contributed by atoms with Gasteiger partial charge in [-0.1, -0.05) is 23.7 Å². The zero-order valence-electron chi connectivity index (χ0n) is 6.29. The Labute approximate surface area is 75.9 Å². The van der Waals surface area contributed by atoms with E-state index in [0.717, 1.165) is 5.56 Å². The van der Waals surface area contributed by atoms with E-state index >= 15 is 0 Å². The monoisotopic (exact) mass is 178 g/mol. The van der Waals surface area contributed by atoms with Gasteiger partial charge >= 0.3 is 0 Å². The largest absolute Gasteiger partial charge is 0.390 e. The van der Waals surface area contributed by atoms with E-state index in [1.165, 1.54) is 0 Å². The first kappa shape index (κ1) is 8.63. The number of halogens is 1. The molecule has 0 aliphatic carbocycles. The lowest BCUT2D eigenvalue weighted by Gasteiger charge is -1.92. The number of rotatable bonds is 1. The molecule has 3 heteroatoms. The topological polar surface area (TPSA) is 49.8 Å². The van der Waals surface area contributed by atoms with E-state index in [1.807, 2.05) is 6.07 Å². The number of benzene rings is 1. The van der Waals surface area contributed by atoms with Gasteiger partial charge < -0.3 is 5.73 Å². The molecule has 1 aromatic carbocycles. The highest BCUT2D eigenvalue weighted by Crippen LogP contribution is 2.10. The fourth-order valence-corrected chi connectivity index (χ4v) is 0.897. The first-order valence-electron chi connectivity index (χ1n) is 3.35. The molecular weight excluding hydrogens is 172 g/mol. The van der Waals surface area contributed by atoms with Gasteiger partial charge in [-0.05, 0) is 23.8 Å². The van der Waals surface area contributed by atoms with E-state index in [2.05, 4.69) is 0 Å². The van der Waals surface area contributed by atoms with Crippen molar-refractivity contribution in [1.29, 1.82) is 5.26 Å². The molecule has 1 aromatic rings. The fraction of sp³-hybridized carbons (Fsp3) is 0. The molecule has 0 aliphatic heterocycles. The summed E-state index contributed by atoms with van der Waals surface area (Å²) < 4.78 is 0. The summed E-state index contributed by atoms with van der Waals surface area (Å²) in [6.45, 7) is 0. The first-order valence-corrected chi connectivity index (χ1v) is 3.73. The van der Waals surface area contributed by atoms with Crippen molar-refractivity contribution in [1.82, 2.24) is 0 Å². The standard InChI is InChI=1S/C9H7ClN2/c10-8-3-1-7(2-4-8)5-9(12)6-11/h1-5H,12H2. The summed E-state index contributed by atoms with van der Waals surface area (Å²) in [6.07, 6.45) is 1.59. The third-order valence-electron chi connectivity index (χ3n) is 1.32. The highest BCUT2D eigenvalue weighted by atomic mass is 35.5. The molecule has 0 aromatic heterocycles. The molecule has 0 heterocycles. The Morgan fingerprint density at radius 1 is 1.42 bits per heavy atom. The van der Waals surface area contributed by atoms with Crippen LogP contribution in [0, 0.1) is 11.3 Å². The molecule has 60 valence electrons. The van der Waals surface area contributed by atoms with Crippen molar-refractivity contribution in [2.45, 2.75) is 0 Å². The zero-order valence-corrected chi connectivity index (χ0v) is 7.05. The van der Waals surface area contributed by atoms with Crippen molar-refractivity contribution < 1.29 is 0 Å². The minimum Gasteiger partial charge on any atom is -0.390 e. The third-order valence-corrected chi connectivity index (χ3v) is 1.57. The Kier molecular flexibility index (Phi) is 2.73. The highest BCUT2D eigenvalue weighted by molar-refractivity contribution is 6.30. The molecule has 0 spiro atoms. The second-order valence-corrected chi connectivity index (χ2v) is 2.70. The van der Waals surface area contributed by atoms with E-state index in [1.54, 1.807) is 30.3 Å². The summed E-state index contributed by atoms with van der Waals surface area (Å²) in [7, 11) is 0. The lowest BCUT2D eigenvalue weighted by Crippen LogP contribution is -1.91. The van der Waals surface area contributed by atoms with Crippen molar-refractivity contribution in [2.24, 2.45) is 5.73 Å². The van der Waals surface area contributed by atoms with E-state index in [-0.39, 0.29) is 5.70 Å². The molecule has 0 saturated heterocycles. The van der Waals surface area contributed by atoms with E-state index in [9.17, 15) is 0 Å². The molecule has 0 fully saturated rings. The Bertz CT molecular complexity index is 333. The summed E-state index contributed by atoms with van der Waals surface area (Å²) in [5.41, 5.74) is 6.38. The summed E-state index contributed by atoms with van der Waals surface area (Å²) in [5.74, 6) is 0. The van der Waals surface area contributed by atoms with Gasteiger partial charge in [-0.25, -0.2) is 0 Å². The van der Waals surface area contributed by atoms with Crippen molar-refractivity contribution in [3.05, 3.63) is 40.5 Å². The van der Waals surface area contributed by atoms with Gasteiger partial charge in [0.2, 0.25) is 0 Å². The van der Waals surface area contributed by atoms with E-state index in [0.29, 0.717) is 5.02 Å². The van der Waals surface area contributed by atoms with Gasteiger partial charge in [0.15, 0.2) is 0 Å². The molecule has 0 radical (unpaired) electrons. The first-order chi connectivity index (χ1) is 5.72. The van der Waals surface area contributed by atoms with Gasteiger partial charge in [-0.3, -0.25) is 0 Å². The number of nitrogens with zero attached hydrogens (tertiary/aromatic N) is 1. The number of allylic oxidation sites excluding steroid dienone is 1. The normalized spacial score (nSPS) is 10.8. The quantitative estimate of drug-likeness (QED) is 0.670. The predicted molar refractivity (Wildman–Crippen MR) is 49.2 cm³/mol. The molecule has 2 N–H and O–H groups in total. The van der Waals surface area contributed by atoms with Crippen LogP contribution in [-0.2, 0) is 0 Å². The minimum atomic E-state index is 0.192. The van der Waals surface area contributed by atoms with Crippen LogP contribution in [0.15, 0.2) is 30.0 Å². The molecular formula is C9H7ClN2. The Morgan fingerprint density at radius 2 is 2.00 bits per heavy atom. The molecule has 2 nitrogen and oxygen atoms in total. The zero-order chi connectivity index (χ0) is 8.97. The maximum atomic E-state index is 8.38. The Balaban J connectivity index is 2.93. The maximum absolute atomic E-state index is 8.38. The van der Waals surface area contributed by atoms with Crippen LogP contribution in [0.2, 0.25) is 5.02 Å². The number of hydrogen-bond acceptors (Lipinski definition) is 2. The average molecular weight is 179 g/mol. The molecule has 1 rings (SSSR count). The van der Waals surface area contributed by atoms with Crippen LogP contribution in [0.5, 0.6) is 0 Å². The van der Waals surface area contributed by atoms with Crippen molar-refractivity contribution in [2.75, 3.05) is 0 Å². The van der Waals surface area contributed by atoms with Crippen molar-refractivity contribution in [3.8, 4) is 6.07 Å². The van der Waals surface area contributed by atoms with Gasteiger partial charge in [0.05, 0.1) is 0 Å². The molecule has 0 atom stereocenters. The van der Waals surface area contributed by atoms with Crippen LogP contribution in [0.25, 0.3) is 6.08 Å². The SMILES string of the molecule is N#CC(N)=Cc1ccc(Cl)cc1. The minimum absolute atomic E-state index is 0.192. The second-order valence-electron chi connectivity index (χ2n) is 2.26. The number of nitrogens with two attached hydrogens (primary N) is 1. The predicted octanol–water partition coefficient (Wildman–Crippen LogP) is 2.16. The summed E-state index contributed by atoms with van der Waals surface area (Å²) >= 11 is 5.67. The van der Waals surface area contributed by atoms with E-state index < -0.39 is 0 Å². The lowest BCUT2D eigenvalue weighted by atomic mass is 10.2. The number of hydrogen-bond donors (Lipinski definition) is 1. The Hall–Kier alpha value is -1.46. The average Bonchev–Trinajstić information content (AvgIpc) is 2.09. The van der Waals surface area contributed by atoms with Gasteiger partial charge in [0, 0.05) is 5.02 Å². The summed E-state index contributed by atoms with van der Waals surface area (Å²) in [5, 5.41) is 9.05.